The number of hydrogen-bond donors (Lipinski definition) is 4. The second-order valence-corrected chi connectivity index (χ2v) is 13.3. The number of H-pyrrole nitrogens is 2. The van der Waals surface area contributed by atoms with Crippen molar-refractivity contribution in [2.24, 2.45) is 0 Å². The van der Waals surface area contributed by atoms with Gasteiger partial charge < -0.3 is 19.5 Å². The molecule has 1 fully saturated rings. The van der Waals surface area contributed by atoms with Gasteiger partial charge in [0.1, 0.15) is 10.9 Å². The molecule has 0 spiro atoms. The lowest BCUT2D eigenvalue weighted by Gasteiger charge is -2.39. The number of amides is 2. The molecule has 1 unspecified atom stereocenters. The molecule has 2 aliphatic rings. The van der Waals surface area contributed by atoms with E-state index >= 15 is 0 Å². The van der Waals surface area contributed by atoms with Gasteiger partial charge >= 0.3 is 6.09 Å². The van der Waals surface area contributed by atoms with E-state index in [1.54, 1.807) is 23.1 Å². The van der Waals surface area contributed by atoms with Crippen molar-refractivity contribution in [3.05, 3.63) is 51.2 Å². The van der Waals surface area contributed by atoms with Gasteiger partial charge in [-0.15, -0.1) is 21.5 Å². The summed E-state index contributed by atoms with van der Waals surface area (Å²) in [6, 6.07) is 5.81. The minimum absolute atomic E-state index is 0.0186. The predicted molar refractivity (Wildman–Crippen MR) is 154 cm³/mol. The van der Waals surface area contributed by atoms with Crippen molar-refractivity contribution in [3.63, 3.8) is 0 Å². The number of alkyl carbamates (subject to hydrolysis) is 1. The first-order valence-corrected chi connectivity index (χ1v) is 15.6. The number of rotatable bonds is 6. The molecule has 4 N–H and O–H groups in total. The highest BCUT2D eigenvalue weighted by Crippen LogP contribution is 2.29. The van der Waals surface area contributed by atoms with E-state index in [0.29, 0.717) is 27.3 Å². The van der Waals surface area contributed by atoms with E-state index in [0.717, 1.165) is 30.1 Å². The smallest absolute Gasteiger partial charge is 0.412 e. The van der Waals surface area contributed by atoms with Gasteiger partial charge in [-0.25, -0.2) is 18.2 Å². The number of ether oxygens (including phenoxy) is 1. The number of nitrogens with zero attached hydrogens (tertiary/aromatic N) is 7. The van der Waals surface area contributed by atoms with E-state index < -0.39 is 22.2 Å². The summed E-state index contributed by atoms with van der Waals surface area (Å²) >= 11 is 1.39. The van der Waals surface area contributed by atoms with E-state index in [9.17, 15) is 18.0 Å². The van der Waals surface area contributed by atoms with Gasteiger partial charge in [-0.2, -0.15) is 9.52 Å². The summed E-state index contributed by atoms with van der Waals surface area (Å²) in [7, 11) is -0.773. The molecule has 0 aliphatic carbocycles. The van der Waals surface area contributed by atoms with Gasteiger partial charge in [-0.3, -0.25) is 15.5 Å². The Balaban J connectivity index is 1.24. The minimum atomic E-state index is -4.00. The topological polar surface area (TPSA) is 206 Å². The molecule has 0 saturated carbocycles. The Morgan fingerprint density at radius 1 is 1.23 bits per heavy atom. The fourth-order valence-electron chi connectivity index (χ4n) is 5.26. The SMILES string of the molecule is COC(=O)NC(=N)c1ccc2cc(S(=O)(=O)N3CCN(C(=O)c4nc5c(s4)CN(C)CC5)C(Cc4nn[nH]n4)C3)[nH]c2c1. The minimum Gasteiger partial charge on any atom is -0.453 e. The zero-order chi connectivity index (χ0) is 30.3. The Kier molecular flexibility index (Phi) is 7.67. The van der Waals surface area contributed by atoms with Crippen LogP contribution < -0.4 is 5.32 Å². The highest BCUT2D eigenvalue weighted by atomic mass is 32.2. The molecule has 0 bridgehead atoms. The van der Waals surface area contributed by atoms with Crippen LogP contribution in [-0.2, 0) is 34.1 Å². The molecule has 43 heavy (non-hydrogen) atoms. The number of nitrogens with one attached hydrogen (secondary N) is 4. The quantitative estimate of drug-likeness (QED) is 0.173. The van der Waals surface area contributed by atoms with Gasteiger partial charge in [0, 0.05) is 66.9 Å². The summed E-state index contributed by atoms with van der Waals surface area (Å²) < 4.78 is 33.5. The average molecular weight is 628 g/mol. The van der Waals surface area contributed by atoms with Gasteiger partial charge in [-0.05, 0) is 19.2 Å². The van der Waals surface area contributed by atoms with Crippen LogP contribution in [0.5, 0.6) is 0 Å². The number of likely N-dealkylation sites (N-methyl/N-ethyl adjacent to an activating group) is 1. The zero-order valence-corrected chi connectivity index (χ0v) is 25.0. The summed E-state index contributed by atoms with van der Waals surface area (Å²) in [4.78, 5) is 37.7. The first-order chi connectivity index (χ1) is 20.6. The fraction of sp³-hybridized carbons (Fsp3) is 0.400. The second-order valence-electron chi connectivity index (χ2n) is 10.4. The number of aromatic nitrogens is 6. The lowest BCUT2D eigenvalue weighted by atomic mass is 10.1. The molecule has 1 aromatic carbocycles. The number of methoxy groups -OCH3 is 1. The van der Waals surface area contributed by atoms with Gasteiger partial charge in [0.2, 0.25) is 0 Å². The third-order valence-corrected chi connectivity index (χ3v) is 10.4. The number of thiazole rings is 1. The van der Waals surface area contributed by atoms with Crippen LogP contribution >= 0.6 is 11.3 Å². The lowest BCUT2D eigenvalue weighted by molar-refractivity contribution is 0.0561. The number of aromatic amines is 2. The second kappa shape index (κ2) is 11.4. The van der Waals surface area contributed by atoms with Crippen LogP contribution in [0.3, 0.4) is 0 Å². The standard InChI is InChI=1S/C25H29N11O5S2/c1-34-6-5-17-19(13-34)42-23(28-17)24(37)36-8-7-35(12-16(36)11-20-30-32-33-31-20)43(39,40)21-10-14-3-4-15(9-18(14)27-21)22(26)29-25(38)41-2/h3-4,9-10,16,27H,5-8,11-13H2,1-2H3,(H2,26,29,38)(H,30,31,32,33). The zero-order valence-electron chi connectivity index (χ0n) is 23.3. The summed E-state index contributed by atoms with van der Waals surface area (Å²) in [6.45, 7) is 1.88. The molecular weight excluding hydrogens is 598 g/mol. The lowest BCUT2D eigenvalue weighted by Crippen LogP contribution is -2.57. The van der Waals surface area contributed by atoms with Gasteiger partial charge in [0.15, 0.2) is 10.8 Å². The first-order valence-electron chi connectivity index (χ1n) is 13.4. The summed E-state index contributed by atoms with van der Waals surface area (Å²) in [6.07, 6.45) is 0.200. The first kappa shape index (κ1) is 28.8. The van der Waals surface area contributed by atoms with Crippen LogP contribution in [0.15, 0.2) is 29.3 Å². The molecule has 2 aliphatic heterocycles. The molecule has 1 atom stereocenters. The molecule has 16 nitrogen and oxygen atoms in total. The third kappa shape index (κ3) is 5.73. The van der Waals surface area contributed by atoms with Crippen LogP contribution in [0, 0.1) is 5.41 Å². The molecule has 1 saturated heterocycles. The van der Waals surface area contributed by atoms with Crippen molar-refractivity contribution in [3.8, 4) is 0 Å². The van der Waals surface area contributed by atoms with Crippen molar-refractivity contribution in [2.75, 3.05) is 40.3 Å². The fourth-order valence-corrected chi connectivity index (χ4v) is 7.89. The van der Waals surface area contributed by atoms with Crippen LogP contribution in [0.1, 0.15) is 31.8 Å². The predicted octanol–water partition coefficient (Wildman–Crippen LogP) is 0.565. The molecule has 3 aromatic heterocycles. The highest BCUT2D eigenvalue weighted by molar-refractivity contribution is 7.89. The maximum absolute atomic E-state index is 13.8. The Morgan fingerprint density at radius 3 is 2.84 bits per heavy atom. The maximum atomic E-state index is 13.8. The van der Waals surface area contributed by atoms with Crippen molar-refractivity contribution in [1.29, 1.82) is 5.41 Å². The van der Waals surface area contributed by atoms with Crippen LogP contribution in [0.2, 0.25) is 0 Å². The summed E-state index contributed by atoms with van der Waals surface area (Å²) in [5, 5.41) is 25.4. The summed E-state index contributed by atoms with van der Waals surface area (Å²) in [5.74, 6) is -0.0667. The Hall–Kier alpha value is -4.26. The Bertz CT molecular complexity index is 1800. The molecule has 0 radical (unpaired) electrons. The molecule has 18 heteroatoms. The number of hydrogen-bond acceptors (Lipinski definition) is 12. The molecule has 226 valence electrons. The molecular formula is C25H29N11O5S2. The largest absolute Gasteiger partial charge is 0.453 e. The number of piperazine rings is 1. The molecule has 5 heterocycles. The van der Waals surface area contributed by atoms with Gasteiger partial charge in [0.05, 0.1) is 18.8 Å². The van der Waals surface area contributed by atoms with Crippen molar-refractivity contribution in [2.45, 2.75) is 30.5 Å². The number of benzene rings is 1. The number of carbonyl (C=O) groups is 2. The van der Waals surface area contributed by atoms with E-state index in [2.05, 4.69) is 45.5 Å². The van der Waals surface area contributed by atoms with E-state index in [-0.39, 0.29) is 42.8 Å². The highest BCUT2D eigenvalue weighted by Gasteiger charge is 2.39. The number of fused-ring (bicyclic) bond motifs is 2. The van der Waals surface area contributed by atoms with E-state index in [4.69, 9.17) is 5.41 Å². The van der Waals surface area contributed by atoms with Gasteiger partial charge in [0.25, 0.3) is 15.9 Å². The summed E-state index contributed by atoms with van der Waals surface area (Å²) in [5.41, 5.74) is 1.79. The van der Waals surface area contributed by atoms with E-state index in [1.165, 1.54) is 28.8 Å². The number of carbonyl (C=O) groups excluding carboxylic acids is 2. The monoisotopic (exact) mass is 627 g/mol. The molecule has 2 amide bonds. The molecule has 4 aromatic rings. The number of sulfonamides is 1. The van der Waals surface area contributed by atoms with Crippen molar-refractivity contribution >= 4 is 50.1 Å². The average Bonchev–Trinajstić information content (AvgIpc) is 3.76. The van der Waals surface area contributed by atoms with Gasteiger partial charge in [-0.1, -0.05) is 17.3 Å². The normalized spacial score (nSPS) is 18.0. The number of amidine groups is 1. The van der Waals surface area contributed by atoms with Crippen LogP contribution in [-0.4, -0.2) is 117 Å². The van der Waals surface area contributed by atoms with Crippen molar-refractivity contribution in [1.82, 2.24) is 50.0 Å². The van der Waals surface area contributed by atoms with E-state index in [1.807, 2.05) is 7.05 Å². The maximum Gasteiger partial charge on any atom is 0.412 e. The molecule has 6 rings (SSSR count). The Labute approximate surface area is 250 Å². The van der Waals surface area contributed by atoms with Crippen LogP contribution in [0.25, 0.3) is 10.9 Å². The van der Waals surface area contributed by atoms with Crippen LogP contribution in [0.4, 0.5) is 4.79 Å². The third-order valence-electron chi connectivity index (χ3n) is 7.54. The van der Waals surface area contributed by atoms with Crippen molar-refractivity contribution < 1.29 is 22.7 Å². The Morgan fingerprint density at radius 2 is 2.07 bits per heavy atom. The number of tetrazole rings is 1.